The van der Waals surface area contributed by atoms with Crippen molar-refractivity contribution in [2.24, 2.45) is 0 Å². The fourth-order valence-corrected chi connectivity index (χ4v) is 2.61. The second-order valence-electron chi connectivity index (χ2n) is 6.20. The first-order chi connectivity index (χ1) is 13.6. The number of rotatable bonds is 9. The molecule has 0 saturated carbocycles. The third-order valence-electron chi connectivity index (χ3n) is 3.94. The number of carbonyl (C=O) groups excluding carboxylic acids is 1. The minimum atomic E-state index is -0.0370. The van der Waals surface area contributed by atoms with E-state index in [9.17, 15) is 4.79 Å². The van der Waals surface area contributed by atoms with Crippen molar-refractivity contribution in [3.05, 3.63) is 60.6 Å². The average Bonchev–Trinajstić information content (AvgIpc) is 3.18. The van der Waals surface area contributed by atoms with E-state index in [4.69, 9.17) is 4.74 Å². The first kappa shape index (κ1) is 19.2. The molecule has 0 aliphatic heterocycles. The van der Waals surface area contributed by atoms with Gasteiger partial charge in [-0.05, 0) is 43.3 Å². The molecule has 0 radical (unpaired) electrons. The predicted molar refractivity (Wildman–Crippen MR) is 109 cm³/mol. The Morgan fingerprint density at radius 1 is 1.11 bits per heavy atom. The Balaban J connectivity index is 1.49. The van der Waals surface area contributed by atoms with Crippen molar-refractivity contribution >= 4 is 23.4 Å². The largest absolute Gasteiger partial charge is 0.497 e. The fraction of sp³-hybridized carbons (Fsp3) is 0.250. The summed E-state index contributed by atoms with van der Waals surface area (Å²) in [5, 5.41) is 9.26. The molecule has 0 bridgehead atoms. The number of anilines is 3. The lowest BCUT2D eigenvalue weighted by Gasteiger charge is -2.11. The summed E-state index contributed by atoms with van der Waals surface area (Å²) in [6, 6.07) is 13.3. The van der Waals surface area contributed by atoms with E-state index in [0.717, 1.165) is 17.1 Å². The summed E-state index contributed by atoms with van der Waals surface area (Å²) in [7, 11) is 1.64. The maximum atomic E-state index is 11.9. The number of nitrogens with zero attached hydrogens (tertiary/aromatic N) is 3. The molecule has 2 aromatic heterocycles. The molecule has 0 aliphatic carbocycles. The van der Waals surface area contributed by atoms with Crippen LogP contribution in [0.1, 0.15) is 5.69 Å². The summed E-state index contributed by atoms with van der Waals surface area (Å²) < 4.78 is 6.99. The highest BCUT2D eigenvalue weighted by atomic mass is 16.5. The molecule has 0 aliphatic rings. The van der Waals surface area contributed by atoms with Crippen molar-refractivity contribution in [3.63, 3.8) is 0 Å². The van der Waals surface area contributed by atoms with Gasteiger partial charge in [0.05, 0.1) is 7.11 Å². The van der Waals surface area contributed by atoms with Gasteiger partial charge in [0.2, 0.25) is 11.9 Å². The van der Waals surface area contributed by atoms with E-state index in [0.29, 0.717) is 31.4 Å². The number of ether oxygens (including phenoxy) is 1. The summed E-state index contributed by atoms with van der Waals surface area (Å²) in [4.78, 5) is 20.7. The second kappa shape index (κ2) is 9.40. The molecule has 3 rings (SSSR count). The molecule has 0 fully saturated rings. The summed E-state index contributed by atoms with van der Waals surface area (Å²) in [6.45, 7) is 3.23. The molecule has 3 N–H and O–H groups in total. The van der Waals surface area contributed by atoms with E-state index in [1.165, 1.54) is 0 Å². The van der Waals surface area contributed by atoms with E-state index in [-0.39, 0.29) is 5.91 Å². The number of aryl methyl sites for hydroxylation is 1. The van der Waals surface area contributed by atoms with Crippen molar-refractivity contribution in [2.45, 2.75) is 13.5 Å². The van der Waals surface area contributed by atoms with Crippen LogP contribution < -0.4 is 20.7 Å². The van der Waals surface area contributed by atoms with Crippen LogP contribution in [-0.2, 0) is 11.3 Å². The maximum Gasteiger partial charge on any atom is 0.239 e. The average molecular weight is 380 g/mol. The van der Waals surface area contributed by atoms with Gasteiger partial charge in [0.25, 0.3) is 0 Å². The van der Waals surface area contributed by atoms with Gasteiger partial charge in [-0.1, -0.05) is 0 Å². The van der Waals surface area contributed by atoms with Crippen LogP contribution >= 0.6 is 0 Å². The van der Waals surface area contributed by atoms with Crippen molar-refractivity contribution in [1.82, 2.24) is 19.9 Å². The van der Waals surface area contributed by atoms with E-state index in [2.05, 4.69) is 25.9 Å². The van der Waals surface area contributed by atoms with E-state index in [1.807, 2.05) is 66.3 Å². The number of nitrogens with one attached hydrogen (secondary N) is 3. The molecule has 0 spiro atoms. The van der Waals surface area contributed by atoms with Gasteiger partial charge in [0.15, 0.2) is 0 Å². The van der Waals surface area contributed by atoms with Crippen molar-refractivity contribution in [2.75, 3.05) is 30.8 Å². The Kier molecular flexibility index (Phi) is 6.46. The highest BCUT2D eigenvalue weighted by Crippen LogP contribution is 2.19. The molecule has 1 aromatic carbocycles. The monoisotopic (exact) mass is 380 g/mol. The molecule has 0 saturated heterocycles. The molecule has 0 atom stereocenters. The van der Waals surface area contributed by atoms with E-state index >= 15 is 0 Å². The van der Waals surface area contributed by atoms with Crippen LogP contribution in [-0.4, -0.2) is 40.6 Å². The van der Waals surface area contributed by atoms with Crippen LogP contribution in [0.25, 0.3) is 0 Å². The second-order valence-corrected chi connectivity index (χ2v) is 6.20. The summed E-state index contributed by atoms with van der Waals surface area (Å²) in [5.41, 5.74) is 1.74. The number of hydrogen-bond acceptors (Lipinski definition) is 6. The number of hydrogen-bond donors (Lipinski definition) is 3. The zero-order valence-corrected chi connectivity index (χ0v) is 16.0. The zero-order chi connectivity index (χ0) is 19.8. The van der Waals surface area contributed by atoms with E-state index in [1.54, 1.807) is 7.11 Å². The molecule has 3 aromatic rings. The van der Waals surface area contributed by atoms with Crippen LogP contribution in [0.15, 0.2) is 54.9 Å². The SMILES string of the molecule is COc1ccc(Nc2cc(C)nc(NCCNC(=O)Cn3cccc3)n2)cc1. The minimum absolute atomic E-state index is 0.0370. The molecule has 1 amide bonds. The van der Waals surface area contributed by atoms with Crippen LogP contribution in [0.2, 0.25) is 0 Å². The molecule has 0 unspecified atom stereocenters. The van der Waals surface area contributed by atoms with Crippen LogP contribution in [0, 0.1) is 6.92 Å². The van der Waals surface area contributed by atoms with Crippen molar-refractivity contribution in [1.29, 1.82) is 0 Å². The lowest BCUT2D eigenvalue weighted by atomic mass is 10.3. The number of methoxy groups -OCH3 is 1. The Morgan fingerprint density at radius 2 is 1.86 bits per heavy atom. The lowest BCUT2D eigenvalue weighted by molar-refractivity contribution is -0.121. The van der Waals surface area contributed by atoms with Crippen LogP contribution in [0.3, 0.4) is 0 Å². The van der Waals surface area contributed by atoms with Gasteiger partial charge >= 0.3 is 0 Å². The van der Waals surface area contributed by atoms with Gasteiger partial charge < -0.3 is 25.3 Å². The highest BCUT2D eigenvalue weighted by Gasteiger charge is 2.04. The smallest absolute Gasteiger partial charge is 0.239 e. The Hall–Kier alpha value is -3.55. The number of amides is 1. The third-order valence-corrected chi connectivity index (χ3v) is 3.94. The first-order valence-corrected chi connectivity index (χ1v) is 9.00. The van der Waals surface area contributed by atoms with E-state index < -0.39 is 0 Å². The minimum Gasteiger partial charge on any atom is -0.497 e. The molecule has 8 heteroatoms. The summed E-state index contributed by atoms with van der Waals surface area (Å²) in [6.07, 6.45) is 3.71. The summed E-state index contributed by atoms with van der Waals surface area (Å²) >= 11 is 0. The summed E-state index contributed by atoms with van der Waals surface area (Å²) in [5.74, 6) is 1.96. The van der Waals surface area contributed by atoms with Gasteiger partial charge in [-0.3, -0.25) is 4.79 Å². The van der Waals surface area contributed by atoms with Crippen molar-refractivity contribution < 1.29 is 9.53 Å². The number of carbonyl (C=O) groups is 1. The Labute approximate surface area is 164 Å². The van der Waals surface area contributed by atoms with Gasteiger partial charge in [-0.15, -0.1) is 0 Å². The molecule has 8 nitrogen and oxygen atoms in total. The normalized spacial score (nSPS) is 10.4. The van der Waals surface area contributed by atoms with Gasteiger partial charge in [0.1, 0.15) is 18.1 Å². The van der Waals surface area contributed by atoms with Crippen LogP contribution in [0.4, 0.5) is 17.5 Å². The Morgan fingerprint density at radius 3 is 2.57 bits per heavy atom. The standard InChI is InChI=1S/C20H24N6O2/c1-15-13-18(24-16-5-7-17(28-2)8-6-16)25-20(23-15)22-10-9-21-19(27)14-26-11-3-4-12-26/h3-8,11-13H,9-10,14H2,1-2H3,(H,21,27)(H2,22,23,24,25). The quantitative estimate of drug-likeness (QED) is 0.494. The molecular formula is C20H24N6O2. The van der Waals surface area contributed by atoms with Crippen LogP contribution in [0.5, 0.6) is 5.75 Å². The maximum absolute atomic E-state index is 11.9. The lowest BCUT2D eigenvalue weighted by Crippen LogP contribution is -2.31. The van der Waals surface area contributed by atoms with Gasteiger partial charge in [-0.25, -0.2) is 4.98 Å². The first-order valence-electron chi connectivity index (χ1n) is 9.00. The topological polar surface area (TPSA) is 93.1 Å². The molecule has 2 heterocycles. The van der Waals surface area contributed by atoms with Gasteiger partial charge in [-0.2, -0.15) is 4.98 Å². The molecule has 146 valence electrons. The molecular weight excluding hydrogens is 356 g/mol. The van der Waals surface area contributed by atoms with Crippen molar-refractivity contribution in [3.8, 4) is 5.75 Å². The number of aromatic nitrogens is 3. The van der Waals surface area contributed by atoms with Gasteiger partial charge in [0, 0.05) is 42.9 Å². The number of benzene rings is 1. The Bertz CT molecular complexity index is 894. The third kappa shape index (κ3) is 5.73. The zero-order valence-electron chi connectivity index (χ0n) is 16.0. The predicted octanol–water partition coefficient (Wildman–Crippen LogP) is 2.57. The fourth-order valence-electron chi connectivity index (χ4n) is 2.61. The molecule has 28 heavy (non-hydrogen) atoms. The highest BCUT2D eigenvalue weighted by molar-refractivity contribution is 5.75.